The van der Waals surface area contributed by atoms with Gasteiger partial charge in [-0.3, -0.25) is 4.79 Å². The zero-order valence-corrected chi connectivity index (χ0v) is 16.0. The molecule has 0 saturated heterocycles. The molecule has 24 heavy (non-hydrogen) atoms. The Morgan fingerprint density at radius 3 is 2.50 bits per heavy atom. The van der Waals surface area contributed by atoms with Crippen molar-refractivity contribution in [2.24, 2.45) is 0 Å². The number of carbonyl (C=O) groups excluding carboxylic acids is 1. The molecule has 0 aliphatic carbocycles. The lowest BCUT2D eigenvalue weighted by Gasteiger charge is -2.11. The highest BCUT2D eigenvalue weighted by atomic mass is 79.9. The summed E-state index contributed by atoms with van der Waals surface area (Å²) in [4.78, 5) is 22.9. The van der Waals surface area contributed by atoms with Gasteiger partial charge < -0.3 is 15.2 Å². The molecule has 0 radical (unpaired) electrons. The summed E-state index contributed by atoms with van der Waals surface area (Å²) < 4.78 is 7.45. The van der Waals surface area contributed by atoms with Crippen LogP contribution in [-0.4, -0.2) is 17.0 Å². The molecule has 126 valence electrons. The molecule has 2 N–H and O–H groups in total. The normalized spacial score (nSPS) is 10.3. The van der Waals surface area contributed by atoms with Gasteiger partial charge in [0.25, 0.3) is 0 Å². The average molecular weight is 457 g/mol. The summed E-state index contributed by atoms with van der Waals surface area (Å²) in [5.74, 6) is -0.679. The fourth-order valence-electron chi connectivity index (χ4n) is 1.94. The molecule has 7 heteroatoms. The highest BCUT2D eigenvalue weighted by Gasteiger charge is 2.13. The second kappa shape index (κ2) is 8.30. The number of halogens is 2. The molecule has 0 unspecified atom stereocenters. The summed E-state index contributed by atoms with van der Waals surface area (Å²) in [5, 5.41) is 11.9. The minimum absolute atomic E-state index is 0.0369. The first-order chi connectivity index (χ1) is 11.4. The van der Waals surface area contributed by atoms with E-state index in [9.17, 15) is 14.7 Å². The molecule has 1 amide bonds. The number of carbonyl (C=O) groups is 2. The van der Waals surface area contributed by atoms with E-state index in [0.29, 0.717) is 11.3 Å². The van der Waals surface area contributed by atoms with Crippen molar-refractivity contribution in [3.8, 4) is 5.75 Å². The number of hydrogen-bond donors (Lipinski definition) is 2. The maximum atomic E-state index is 11.5. The summed E-state index contributed by atoms with van der Waals surface area (Å²) in [5.41, 5.74) is 1.01. The molecule has 0 bridgehead atoms. The van der Waals surface area contributed by atoms with Gasteiger partial charge in [-0.15, -0.1) is 0 Å². The Morgan fingerprint density at radius 1 is 1.12 bits per heavy atom. The molecule has 0 aliphatic heterocycles. The molecule has 2 rings (SSSR count). The first-order valence-electron chi connectivity index (χ1n) is 7.14. The van der Waals surface area contributed by atoms with Gasteiger partial charge in [-0.2, -0.15) is 0 Å². The van der Waals surface area contributed by atoms with E-state index < -0.39 is 5.97 Å². The first-order valence-corrected chi connectivity index (χ1v) is 8.73. The van der Waals surface area contributed by atoms with E-state index >= 15 is 0 Å². The number of benzene rings is 2. The Balaban J connectivity index is 2.15. The monoisotopic (exact) mass is 455 g/mol. The van der Waals surface area contributed by atoms with Gasteiger partial charge in [-0.25, -0.2) is 4.79 Å². The smallest absolute Gasteiger partial charge is 0.337 e. The van der Waals surface area contributed by atoms with Crippen molar-refractivity contribution in [2.45, 2.75) is 20.0 Å². The topological polar surface area (TPSA) is 75.6 Å². The van der Waals surface area contributed by atoms with Crippen molar-refractivity contribution < 1.29 is 19.4 Å². The minimum atomic E-state index is -1.10. The fraction of sp³-hybridized carbons (Fsp3) is 0.176. The zero-order valence-electron chi connectivity index (χ0n) is 12.8. The Kier molecular flexibility index (Phi) is 6.39. The van der Waals surface area contributed by atoms with E-state index in [-0.39, 0.29) is 30.2 Å². The van der Waals surface area contributed by atoms with Crippen LogP contribution in [0.5, 0.6) is 5.75 Å². The molecule has 2 aromatic rings. The highest BCUT2D eigenvalue weighted by Crippen LogP contribution is 2.28. The van der Waals surface area contributed by atoms with Gasteiger partial charge in [0.1, 0.15) is 12.4 Å². The number of nitrogens with one attached hydrogen (secondary N) is 1. The van der Waals surface area contributed by atoms with Crippen LogP contribution < -0.4 is 10.1 Å². The predicted molar refractivity (Wildman–Crippen MR) is 98.5 cm³/mol. The van der Waals surface area contributed by atoms with Crippen LogP contribution in [0.4, 0.5) is 5.69 Å². The van der Waals surface area contributed by atoms with E-state index in [1.54, 1.807) is 19.1 Å². The Morgan fingerprint density at radius 2 is 1.88 bits per heavy atom. The number of rotatable bonds is 6. The quantitative estimate of drug-likeness (QED) is 0.652. The van der Waals surface area contributed by atoms with Gasteiger partial charge >= 0.3 is 5.97 Å². The van der Waals surface area contributed by atoms with Crippen LogP contribution in [0, 0.1) is 0 Å². The standard InChI is InChI=1S/C17H15Br2NO4/c1-2-16(21)20-15-6-3-10(7-12(15)17(22)23)9-24-11-4-5-13(18)14(19)8-11/h3-8H,2,9H2,1H3,(H,20,21)(H,22,23). The van der Waals surface area contributed by atoms with Gasteiger partial charge in [0, 0.05) is 15.4 Å². The number of hydrogen-bond acceptors (Lipinski definition) is 3. The summed E-state index contributed by atoms with van der Waals surface area (Å²) in [6.07, 6.45) is 0.280. The predicted octanol–water partition coefficient (Wildman–Crippen LogP) is 4.84. The fourth-order valence-corrected chi connectivity index (χ4v) is 2.54. The summed E-state index contributed by atoms with van der Waals surface area (Å²) in [7, 11) is 0. The molecule has 2 aromatic carbocycles. The van der Waals surface area contributed by atoms with Crippen molar-refractivity contribution in [2.75, 3.05) is 5.32 Å². The van der Waals surface area contributed by atoms with Crippen LogP contribution in [0.2, 0.25) is 0 Å². The zero-order chi connectivity index (χ0) is 17.7. The molecule has 0 saturated carbocycles. The lowest BCUT2D eigenvalue weighted by molar-refractivity contribution is -0.115. The molecule has 0 spiro atoms. The van der Waals surface area contributed by atoms with Crippen molar-refractivity contribution in [1.82, 2.24) is 0 Å². The van der Waals surface area contributed by atoms with Crippen LogP contribution in [0.1, 0.15) is 29.3 Å². The molecule has 0 atom stereocenters. The summed E-state index contributed by atoms with van der Waals surface area (Å²) >= 11 is 6.78. The van der Waals surface area contributed by atoms with Crippen LogP contribution in [0.15, 0.2) is 45.3 Å². The van der Waals surface area contributed by atoms with Crippen molar-refractivity contribution in [3.63, 3.8) is 0 Å². The van der Waals surface area contributed by atoms with Gasteiger partial charge in [-0.05, 0) is 67.8 Å². The van der Waals surface area contributed by atoms with Gasteiger partial charge in [-0.1, -0.05) is 13.0 Å². The highest BCUT2D eigenvalue weighted by molar-refractivity contribution is 9.13. The van der Waals surface area contributed by atoms with Gasteiger partial charge in [0.2, 0.25) is 5.91 Å². The maximum absolute atomic E-state index is 11.5. The molecule has 0 fully saturated rings. The largest absolute Gasteiger partial charge is 0.489 e. The van der Waals surface area contributed by atoms with Crippen LogP contribution in [-0.2, 0) is 11.4 Å². The van der Waals surface area contributed by atoms with E-state index in [1.807, 2.05) is 18.2 Å². The molecule has 0 heterocycles. The van der Waals surface area contributed by atoms with Crippen LogP contribution in [0.3, 0.4) is 0 Å². The number of anilines is 1. The van der Waals surface area contributed by atoms with Crippen molar-refractivity contribution in [1.29, 1.82) is 0 Å². The van der Waals surface area contributed by atoms with Crippen molar-refractivity contribution >= 4 is 49.4 Å². The van der Waals surface area contributed by atoms with E-state index in [0.717, 1.165) is 8.95 Å². The maximum Gasteiger partial charge on any atom is 0.337 e. The van der Waals surface area contributed by atoms with Crippen molar-refractivity contribution in [3.05, 3.63) is 56.5 Å². The van der Waals surface area contributed by atoms with E-state index in [4.69, 9.17) is 4.74 Å². The van der Waals surface area contributed by atoms with E-state index in [1.165, 1.54) is 6.07 Å². The Bertz CT molecular complexity index is 777. The number of amides is 1. The minimum Gasteiger partial charge on any atom is -0.489 e. The van der Waals surface area contributed by atoms with Gasteiger partial charge in [0.05, 0.1) is 11.3 Å². The summed E-state index contributed by atoms with van der Waals surface area (Å²) in [6.45, 7) is 1.92. The molecular weight excluding hydrogens is 442 g/mol. The number of aromatic carboxylic acids is 1. The van der Waals surface area contributed by atoms with Gasteiger partial charge in [0.15, 0.2) is 0 Å². The third kappa shape index (κ3) is 4.82. The van der Waals surface area contributed by atoms with Crippen LogP contribution >= 0.6 is 31.9 Å². The third-order valence-corrected chi connectivity index (χ3v) is 5.09. The Labute approximate surface area is 156 Å². The lowest BCUT2D eigenvalue weighted by Crippen LogP contribution is -2.13. The number of ether oxygens (including phenoxy) is 1. The average Bonchev–Trinajstić information content (AvgIpc) is 2.56. The molecular formula is C17H15Br2NO4. The first kappa shape index (κ1) is 18.5. The lowest BCUT2D eigenvalue weighted by atomic mass is 10.1. The SMILES string of the molecule is CCC(=O)Nc1ccc(COc2ccc(Br)c(Br)c2)cc1C(=O)O. The second-order valence-electron chi connectivity index (χ2n) is 4.95. The number of carboxylic acids is 1. The summed E-state index contributed by atoms with van der Waals surface area (Å²) in [6, 6.07) is 10.3. The van der Waals surface area contributed by atoms with Crippen LogP contribution in [0.25, 0.3) is 0 Å². The second-order valence-corrected chi connectivity index (χ2v) is 6.66. The molecule has 0 aromatic heterocycles. The Hall–Kier alpha value is -1.86. The number of carboxylic acid groups (broad SMARTS) is 1. The molecule has 5 nitrogen and oxygen atoms in total. The molecule has 0 aliphatic rings. The van der Waals surface area contributed by atoms with E-state index in [2.05, 4.69) is 37.2 Å². The third-order valence-electron chi connectivity index (χ3n) is 3.21.